The van der Waals surface area contributed by atoms with Crippen molar-refractivity contribution >= 4 is 11.9 Å². The third kappa shape index (κ3) is 6.00. The Morgan fingerprint density at radius 2 is 1.73 bits per heavy atom. The fraction of sp³-hybridized carbons (Fsp3) is 0.800. The maximum atomic E-state index is 11.9. The molecular formula is C15H24N2O5. The van der Waals surface area contributed by atoms with Crippen LogP contribution in [-0.2, 0) is 23.8 Å². The van der Waals surface area contributed by atoms with Crippen molar-refractivity contribution in [2.75, 3.05) is 46.1 Å². The number of rotatable bonds is 8. The Kier molecular flexibility index (Phi) is 8.48. The van der Waals surface area contributed by atoms with Crippen molar-refractivity contribution in [3.63, 3.8) is 0 Å². The van der Waals surface area contributed by atoms with Crippen molar-refractivity contribution in [1.29, 1.82) is 5.26 Å². The second-order valence-corrected chi connectivity index (χ2v) is 5.03. The van der Waals surface area contributed by atoms with E-state index in [-0.39, 0.29) is 19.6 Å². The molecule has 22 heavy (non-hydrogen) atoms. The summed E-state index contributed by atoms with van der Waals surface area (Å²) in [4.78, 5) is 26.0. The Hall–Kier alpha value is -1.65. The van der Waals surface area contributed by atoms with Gasteiger partial charge in [0.2, 0.25) is 0 Å². The average Bonchev–Trinajstić information content (AvgIpc) is 2.52. The minimum atomic E-state index is -1.04. The molecule has 7 heteroatoms. The third-order valence-corrected chi connectivity index (χ3v) is 3.43. The zero-order valence-corrected chi connectivity index (χ0v) is 13.2. The van der Waals surface area contributed by atoms with Crippen LogP contribution >= 0.6 is 0 Å². The SMILES string of the molecule is CCOC(=O)C(CC(C#N)CN1CCOCC1)C(=O)OCC. The van der Waals surface area contributed by atoms with Gasteiger partial charge in [-0.05, 0) is 20.3 Å². The van der Waals surface area contributed by atoms with Crippen LogP contribution in [0.4, 0.5) is 0 Å². The summed E-state index contributed by atoms with van der Waals surface area (Å²) in [5.74, 6) is -2.71. The molecule has 1 heterocycles. The number of hydrogen-bond donors (Lipinski definition) is 0. The number of morpholine rings is 1. The summed E-state index contributed by atoms with van der Waals surface area (Å²) < 4.78 is 15.1. The van der Waals surface area contributed by atoms with Crippen LogP contribution in [0.25, 0.3) is 0 Å². The van der Waals surface area contributed by atoms with E-state index in [1.807, 2.05) is 0 Å². The number of esters is 2. The molecule has 0 aromatic rings. The monoisotopic (exact) mass is 312 g/mol. The zero-order valence-electron chi connectivity index (χ0n) is 13.2. The van der Waals surface area contributed by atoms with Gasteiger partial charge in [-0.3, -0.25) is 14.5 Å². The van der Waals surface area contributed by atoms with Crippen LogP contribution in [0.3, 0.4) is 0 Å². The molecule has 0 saturated carbocycles. The summed E-state index contributed by atoms with van der Waals surface area (Å²) in [6, 6.07) is 2.18. The lowest BCUT2D eigenvalue weighted by Gasteiger charge is -2.28. The summed E-state index contributed by atoms with van der Waals surface area (Å²) in [7, 11) is 0. The quantitative estimate of drug-likeness (QED) is 0.478. The molecule has 1 saturated heterocycles. The summed E-state index contributed by atoms with van der Waals surface area (Å²) in [5.41, 5.74) is 0. The predicted molar refractivity (Wildman–Crippen MR) is 77.7 cm³/mol. The maximum Gasteiger partial charge on any atom is 0.320 e. The highest BCUT2D eigenvalue weighted by Crippen LogP contribution is 2.18. The smallest absolute Gasteiger partial charge is 0.320 e. The molecule has 1 rings (SSSR count). The summed E-state index contributed by atoms with van der Waals surface area (Å²) in [5, 5.41) is 9.32. The van der Waals surface area contributed by atoms with Crippen LogP contribution in [-0.4, -0.2) is 62.9 Å². The fourth-order valence-electron chi connectivity index (χ4n) is 2.32. The Morgan fingerprint density at radius 3 is 2.18 bits per heavy atom. The second-order valence-electron chi connectivity index (χ2n) is 5.03. The van der Waals surface area contributed by atoms with Gasteiger partial charge in [0, 0.05) is 19.6 Å². The summed E-state index contributed by atoms with van der Waals surface area (Å²) >= 11 is 0. The molecule has 1 unspecified atom stereocenters. The first-order chi connectivity index (χ1) is 10.6. The first kappa shape index (κ1) is 18.4. The van der Waals surface area contributed by atoms with Crippen molar-refractivity contribution < 1.29 is 23.8 Å². The Bertz CT molecular complexity index is 383. The number of carbonyl (C=O) groups excluding carboxylic acids is 2. The summed E-state index contributed by atoms with van der Waals surface area (Å²) in [6.45, 7) is 7.02. The highest BCUT2D eigenvalue weighted by molar-refractivity contribution is 5.94. The first-order valence-electron chi connectivity index (χ1n) is 7.65. The number of carbonyl (C=O) groups is 2. The minimum absolute atomic E-state index is 0.117. The van der Waals surface area contributed by atoms with Crippen molar-refractivity contribution in [2.24, 2.45) is 11.8 Å². The lowest BCUT2D eigenvalue weighted by molar-refractivity contribution is -0.162. The predicted octanol–water partition coefficient (Wildman–Crippen LogP) is 0.591. The van der Waals surface area contributed by atoms with E-state index in [1.165, 1.54) is 0 Å². The molecule has 0 aromatic carbocycles. The van der Waals surface area contributed by atoms with Gasteiger partial charge in [0.05, 0.1) is 38.4 Å². The number of nitriles is 1. The lowest BCUT2D eigenvalue weighted by Crippen LogP contribution is -2.40. The van der Waals surface area contributed by atoms with Gasteiger partial charge in [-0.2, -0.15) is 5.26 Å². The van der Waals surface area contributed by atoms with E-state index in [4.69, 9.17) is 14.2 Å². The molecule has 0 N–H and O–H groups in total. The average molecular weight is 312 g/mol. The summed E-state index contributed by atoms with van der Waals surface area (Å²) in [6.07, 6.45) is 0.117. The van der Waals surface area contributed by atoms with Crippen molar-refractivity contribution in [2.45, 2.75) is 20.3 Å². The Morgan fingerprint density at radius 1 is 1.18 bits per heavy atom. The maximum absolute atomic E-state index is 11.9. The van der Waals surface area contributed by atoms with Crippen molar-refractivity contribution in [1.82, 2.24) is 4.90 Å². The van der Waals surface area contributed by atoms with E-state index in [1.54, 1.807) is 13.8 Å². The molecule has 0 amide bonds. The van der Waals surface area contributed by atoms with E-state index < -0.39 is 23.8 Å². The topological polar surface area (TPSA) is 88.9 Å². The van der Waals surface area contributed by atoms with E-state index in [0.717, 1.165) is 13.1 Å². The number of hydrogen-bond acceptors (Lipinski definition) is 7. The van der Waals surface area contributed by atoms with E-state index in [9.17, 15) is 14.9 Å². The molecular weight excluding hydrogens is 288 g/mol. The van der Waals surface area contributed by atoms with E-state index in [0.29, 0.717) is 19.8 Å². The van der Waals surface area contributed by atoms with Gasteiger partial charge in [-0.15, -0.1) is 0 Å². The van der Waals surface area contributed by atoms with Gasteiger partial charge < -0.3 is 14.2 Å². The minimum Gasteiger partial charge on any atom is -0.465 e. The molecule has 7 nitrogen and oxygen atoms in total. The molecule has 1 fully saturated rings. The Labute approximate surface area is 131 Å². The van der Waals surface area contributed by atoms with Crippen LogP contribution < -0.4 is 0 Å². The van der Waals surface area contributed by atoms with E-state index >= 15 is 0 Å². The van der Waals surface area contributed by atoms with Crippen LogP contribution in [0.5, 0.6) is 0 Å². The highest BCUT2D eigenvalue weighted by Gasteiger charge is 2.33. The highest BCUT2D eigenvalue weighted by atomic mass is 16.6. The molecule has 0 aromatic heterocycles. The van der Waals surface area contributed by atoms with Gasteiger partial charge in [0.1, 0.15) is 0 Å². The van der Waals surface area contributed by atoms with Gasteiger partial charge in [0.25, 0.3) is 0 Å². The number of ether oxygens (including phenoxy) is 3. The normalized spacial score (nSPS) is 16.8. The van der Waals surface area contributed by atoms with Crippen molar-refractivity contribution in [3.05, 3.63) is 0 Å². The fourth-order valence-corrected chi connectivity index (χ4v) is 2.32. The molecule has 1 atom stereocenters. The zero-order chi connectivity index (χ0) is 16.4. The lowest BCUT2D eigenvalue weighted by atomic mass is 9.94. The third-order valence-electron chi connectivity index (χ3n) is 3.43. The van der Waals surface area contributed by atoms with Crippen LogP contribution in [0.2, 0.25) is 0 Å². The standard InChI is InChI=1S/C15H24N2O5/c1-3-21-14(18)13(15(19)22-4-2)9-12(10-16)11-17-5-7-20-8-6-17/h12-13H,3-9,11H2,1-2H3. The number of nitrogens with zero attached hydrogens (tertiary/aromatic N) is 2. The first-order valence-corrected chi connectivity index (χ1v) is 7.65. The van der Waals surface area contributed by atoms with E-state index in [2.05, 4.69) is 11.0 Å². The van der Waals surface area contributed by atoms with Crippen LogP contribution in [0.1, 0.15) is 20.3 Å². The molecule has 1 aliphatic heterocycles. The molecule has 0 aliphatic carbocycles. The molecule has 0 radical (unpaired) electrons. The Balaban J connectivity index is 2.65. The van der Waals surface area contributed by atoms with Gasteiger partial charge in [0.15, 0.2) is 5.92 Å². The van der Waals surface area contributed by atoms with Crippen molar-refractivity contribution in [3.8, 4) is 6.07 Å². The molecule has 124 valence electrons. The van der Waals surface area contributed by atoms with Gasteiger partial charge >= 0.3 is 11.9 Å². The van der Waals surface area contributed by atoms with Gasteiger partial charge in [-0.1, -0.05) is 0 Å². The molecule has 1 aliphatic rings. The molecule has 0 spiro atoms. The van der Waals surface area contributed by atoms with Gasteiger partial charge in [-0.25, -0.2) is 0 Å². The molecule has 0 bridgehead atoms. The van der Waals surface area contributed by atoms with Crippen LogP contribution in [0.15, 0.2) is 0 Å². The second kappa shape index (κ2) is 10.1. The largest absolute Gasteiger partial charge is 0.465 e. The van der Waals surface area contributed by atoms with Crippen LogP contribution in [0, 0.1) is 23.2 Å².